The molecule has 0 amide bonds. The van der Waals surface area contributed by atoms with Crippen LogP contribution in [0.2, 0.25) is 0 Å². The van der Waals surface area contributed by atoms with Gasteiger partial charge < -0.3 is 0 Å². The zero-order chi connectivity index (χ0) is 27.9. The van der Waals surface area contributed by atoms with Gasteiger partial charge in [0.25, 0.3) is 0 Å². The molecule has 1 heterocycles. The highest BCUT2D eigenvalue weighted by Crippen LogP contribution is 2.76. The largest absolute Gasteiger partial charge is 0.299 e. The van der Waals surface area contributed by atoms with Gasteiger partial charge >= 0.3 is 0 Å². The van der Waals surface area contributed by atoms with E-state index in [1.807, 2.05) is 20.8 Å². The highest BCUT2D eigenvalue weighted by atomic mass is 16.1. The summed E-state index contributed by atoms with van der Waals surface area (Å²) in [7, 11) is 0. The zero-order valence-corrected chi connectivity index (χ0v) is 26.1. The summed E-state index contributed by atoms with van der Waals surface area (Å²) in [6.07, 6.45) is 16.7. The van der Waals surface area contributed by atoms with Crippen molar-refractivity contribution in [2.45, 2.75) is 132 Å². The van der Waals surface area contributed by atoms with E-state index in [2.05, 4.69) is 59.3 Å². The first-order valence-corrected chi connectivity index (χ1v) is 15.9. The Morgan fingerprint density at radius 2 is 1.41 bits per heavy atom. The van der Waals surface area contributed by atoms with E-state index in [1.54, 1.807) is 6.08 Å². The SMILES string of the molecule is C=C.C=CC.CC.CC1(C)C(=O)CC[C@@]2(C)C1CC[C@]1(C)C2CC[C@@H]2[C@H]3CCC[C@]3(N3CC3)CC[C@]21C. The maximum Gasteiger partial charge on any atom is 0.138 e. The van der Waals surface area contributed by atoms with Crippen LogP contribution in [0.25, 0.3) is 0 Å². The Balaban J connectivity index is 0.000000499. The number of fused-ring (bicyclic) bond motifs is 7. The summed E-state index contributed by atoms with van der Waals surface area (Å²) in [5.41, 5.74) is 1.81. The lowest BCUT2D eigenvalue weighted by Crippen LogP contribution is -2.67. The van der Waals surface area contributed by atoms with Crippen LogP contribution < -0.4 is 0 Å². The van der Waals surface area contributed by atoms with Gasteiger partial charge in [0.15, 0.2) is 0 Å². The fourth-order valence-corrected chi connectivity index (χ4v) is 11.4. The van der Waals surface area contributed by atoms with Crippen molar-refractivity contribution in [1.29, 1.82) is 0 Å². The quantitative estimate of drug-likeness (QED) is 0.258. The van der Waals surface area contributed by atoms with E-state index >= 15 is 0 Å². The molecule has 2 unspecified atom stereocenters. The Kier molecular flexibility index (Phi) is 9.06. The summed E-state index contributed by atoms with van der Waals surface area (Å²) >= 11 is 0. The van der Waals surface area contributed by atoms with E-state index in [0.29, 0.717) is 33.5 Å². The number of carbonyl (C=O) groups is 1. The Hall–Kier alpha value is -0.890. The molecule has 1 aliphatic heterocycles. The van der Waals surface area contributed by atoms with E-state index in [0.717, 1.165) is 30.6 Å². The second-order valence-electron chi connectivity index (χ2n) is 14.3. The van der Waals surface area contributed by atoms with Gasteiger partial charge in [-0.15, -0.1) is 19.7 Å². The Bertz CT molecular complexity index is 827. The molecule has 0 aromatic carbocycles. The molecule has 0 aromatic rings. The molecule has 6 aliphatic rings. The van der Waals surface area contributed by atoms with Crippen molar-refractivity contribution in [2.24, 2.45) is 45.3 Å². The first-order chi connectivity index (χ1) is 17.5. The molecular formula is C35H61NO. The van der Waals surface area contributed by atoms with Gasteiger partial charge in [-0.2, -0.15) is 0 Å². The van der Waals surface area contributed by atoms with Gasteiger partial charge in [0, 0.05) is 30.5 Å². The minimum absolute atomic E-state index is 0.113. The Morgan fingerprint density at radius 1 is 0.784 bits per heavy atom. The van der Waals surface area contributed by atoms with Crippen molar-refractivity contribution >= 4 is 5.78 Å². The molecule has 5 saturated carbocycles. The molecule has 0 bridgehead atoms. The topological polar surface area (TPSA) is 20.1 Å². The van der Waals surface area contributed by atoms with Gasteiger partial charge in [0.1, 0.15) is 5.78 Å². The fraction of sp³-hybridized carbons (Fsp3) is 0.857. The standard InChI is InChI=1S/C28H45NO.C3H6.C2H6.C2H4/c1-24(2)21-10-14-27(5)22(25(21,3)13-11-23(24)30)9-8-19-20-7-6-12-28(20,29-17-18-29)16-15-26(19,27)4;1-3-2;2*1-2/h19-22H,6-18H2,1-5H3;3H,1H2,2H3;1-2H3;1-2H2/t19-,20-,21?,22?,25+,26-,27-,28+;;;/m1.../s1. The van der Waals surface area contributed by atoms with E-state index in [9.17, 15) is 4.79 Å². The van der Waals surface area contributed by atoms with Gasteiger partial charge in [-0.1, -0.05) is 61.0 Å². The van der Waals surface area contributed by atoms with Gasteiger partial charge in [-0.3, -0.25) is 9.69 Å². The Morgan fingerprint density at radius 3 is 2.00 bits per heavy atom. The van der Waals surface area contributed by atoms with Crippen molar-refractivity contribution in [3.05, 3.63) is 25.8 Å². The van der Waals surface area contributed by atoms with Crippen LogP contribution in [0, 0.1) is 45.3 Å². The molecule has 2 nitrogen and oxygen atoms in total. The van der Waals surface area contributed by atoms with Crippen molar-refractivity contribution in [3.63, 3.8) is 0 Å². The van der Waals surface area contributed by atoms with E-state index in [4.69, 9.17) is 0 Å². The molecule has 6 fully saturated rings. The molecular weight excluding hydrogens is 450 g/mol. The zero-order valence-electron chi connectivity index (χ0n) is 26.1. The highest BCUT2D eigenvalue weighted by molar-refractivity contribution is 5.85. The smallest absolute Gasteiger partial charge is 0.138 e. The third kappa shape index (κ3) is 4.35. The predicted octanol–water partition coefficient (Wildman–Crippen LogP) is 9.50. The third-order valence-corrected chi connectivity index (χ3v) is 13.1. The number of ketones is 1. The molecule has 37 heavy (non-hydrogen) atoms. The molecule has 6 rings (SSSR count). The molecule has 0 aromatic heterocycles. The average molecular weight is 512 g/mol. The van der Waals surface area contributed by atoms with Crippen LogP contribution in [0.5, 0.6) is 0 Å². The van der Waals surface area contributed by atoms with Gasteiger partial charge in [0.2, 0.25) is 0 Å². The predicted molar refractivity (Wildman–Crippen MR) is 161 cm³/mol. The summed E-state index contributed by atoms with van der Waals surface area (Å²) in [5, 5.41) is 0. The van der Waals surface area contributed by atoms with Crippen LogP contribution in [0.15, 0.2) is 25.8 Å². The average Bonchev–Trinajstić information content (AvgIpc) is 3.65. The van der Waals surface area contributed by atoms with Crippen LogP contribution in [0.4, 0.5) is 0 Å². The maximum atomic E-state index is 12.9. The molecule has 8 atom stereocenters. The van der Waals surface area contributed by atoms with E-state index in [-0.39, 0.29) is 5.41 Å². The third-order valence-electron chi connectivity index (χ3n) is 13.1. The minimum Gasteiger partial charge on any atom is -0.299 e. The maximum absolute atomic E-state index is 12.9. The number of Topliss-reactive ketones (excluding diaryl/α,β-unsaturated/α-hetero) is 1. The number of hydrogen-bond acceptors (Lipinski definition) is 2. The number of nitrogens with zero attached hydrogens (tertiary/aromatic N) is 1. The van der Waals surface area contributed by atoms with E-state index < -0.39 is 0 Å². The molecule has 2 heteroatoms. The second-order valence-corrected chi connectivity index (χ2v) is 14.3. The van der Waals surface area contributed by atoms with Crippen LogP contribution >= 0.6 is 0 Å². The fourth-order valence-electron chi connectivity index (χ4n) is 11.4. The normalized spacial score (nSPS) is 47.0. The lowest BCUT2D eigenvalue weighted by Gasteiger charge is -2.72. The Labute approximate surface area is 231 Å². The summed E-state index contributed by atoms with van der Waals surface area (Å²) in [6.45, 7) is 30.7. The molecule has 0 radical (unpaired) electrons. The van der Waals surface area contributed by atoms with Gasteiger partial charge in [0.05, 0.1) is 0 Å². The molecule has 212 valence electrons. The van der Waals surface area contributed by atoms with Gasteiger partial charge in [-0.05, 0) is 105 Å². The van der Waals surface area contributed by atoms with Crippen LogP contribution in [0.1, 0.15) is 126 Å². The van der Waals surface area contributed by atoms with E-state index in [1.165, 1.54) is 70.9 Å². The van der Waals surface area contributed by atoms with Crippen molar-refractivity contribution in [2.75, 3.05) is 13.1 Å². The van der Waals surface area contributed by atoms with Gasteiger partial charge in [-0.25, -0.2) is 0 Å². The summed E-state index contributed by atoms with van der Waals surface area (Å²) in [4.78, 5) is 15.8. The summed E-state index contributed by atoms with van der Waals surface area (Å²) < 4.78 is 0. The lowest BCUT2D eigenvalue weighted by atomic mass is 9.33. The highest BCUT2D eigenvalue weighted by Gasteiger charge is 2.70. The van der Waals surface area contributed by atoms with Crippen molar-refractivity contribution in [1.82, 2.24) is 4.90 Å². The van der Waals surface area contributed by atoms with Crippen molar-refractivity contribution in [3.8, 4) is 0 Å². The minimum atomic E-state index is -0.113. The summed E-state index contributed by atoms with van der Waals surface area (Å²) in [5.74, 6) is 3.85. The number of carbonyl (C=O) groups excluding carboxylic acids is 1. The van der Waals surface area contributed by atoms with Crippen LogP contribution in [-0.2, 0) is 4.79 Å². The molecule has 0 spiro atoms. The number of rotatable bonds is 1. The molecule has 5 aliphatic carbocycles. The van der Waals surface area contributed by atoms with Crippen LogP contribution in [-0.4, -0.2) is 29.3 Å². The number of hydrogen-bond donors (Lipinski definition) is 0. The molecule has 0 N–H and O–H groups in total. The second kappa shape index (κ2) is 10.9. The lowest BCUT2D eigenvalue weighted by molar-refractivity contribution is -0.229. The van der Waals surface area contributed by atoms with Crippen molar-refractivity contribution < 1.29 is 4.79 Å². The molecule has 1 saturated heterocycles. The summed E-state index contributed by atoms with van der Waals surface area (Å²) in [6, 6.07) is 0. The van der Waals surface area contributed by atoms with Crippen LogP contribution in [0.3, 0.4) is 0 Å². The monoisotopic (exact) mass is 511 g/mol. The first kappa shape index (κ1) is 30.6. The first-order valence-electron chi connectivity index (χ1n) is 15.9. The number of allylic oxidation sites excluding steroid dienone is 1.